The van der Waals surface area contributed by atoms with Gasteiger partial charge in [-0.1, -0.05) is 12.1 Å². The van der Waals surface area contributed by atoms with Crippen LogP contribution in [-0.2, 0) is 16.6 Å². The van der Waals surface area contributed by atoms with Crippen LogP contribution in [0.1, 0.15) is 45.9 Å². The molecule has 2 atom stereocenters. The smallest absolute Gasteiger partial charge is 0.229 e. The lowest BCUT2D eigenvalue weighted by Gasteiger charge is -2.29. The molecule has 1 aliphatic heterocycles. The first kappa shape index (κ1) is 25.9. The summed E-state index contributed by atoms with van der Waals surface area (Å²) in [6.07, 6.45) is 6.61. The molecule has 1 saturated heterocycles. The van der Waals surface area contributed by atoms with Crippen LogP contribution in [0.5, 0.6) is 0 Å². The van der Waals surface area contributed by atoms with Gasteiger partial charge >= 0.3 is 0 Å². The molecule has 1 aliphatic rings. The van der Waals surface area contributed by atoms with Gasteiger partial charge in [0.25, 0.3) is 0 Å². The van der Waals surface area contributed by atoms with E-state index in [1.165, 1.54) is 0 Å². The number of rotatable bonds is 7. The molecule has 10 heteroatoms. The topological polar surface area (TPSA) is 92.2 Å². The molecule has 8 nitrogen and oxygen atoms in total. The van der Waals surface area contributed by atoms with Gasteiger partial charge in [-0.2, -0.15) is 0 Å². The van der Waals surface area contributed by atoms with E-state index in [1.54, 1.807) is 18.5 Å². The van der Waals surface area contributed by atoms with Crippen molar-refractivity contribution in [2.24, 2.45) is 0 Å². The highest BCUT2D eigenvalue weighted by Gasteiger charge is 2.42. The molecule has 38 heavy (non-hydrogen) atoms. The van der Waals surface area contributed by atoms with E-state index in [0.29, 0.717) is 10.8 Å². The zero-order valence-corrected chi connectivity index (χ0v) is 23.3. The molecule has 0 unspecified atom stereocenters. The van der Waals surface area contributed by atoms with E-state index >= 15 is 0 Å². The fourth-order valence-corrected chi connectivity index (χ4v) is 6.08. The van der Waals surface area contributed by atoms with Crippen molar-refractivity contribution in [1.29, 1.82) is 0 Å². The third-order valence-corrected chi connectivity index (χ3v) is 7.78. The van der Waals surface area contributed by atoms with E-state index in [0.717, 1.165) is 52.3 Å². The molecule has 0 radical (unpaired) electrons. The van der Waals surface area contributed by atoms with Gasteiger partial charge in [0.05, 0.1) is 29.7 Å². The van der Waals surface area contributed by atoms with Crippen molar-refractivity contribution in [2.45, 2.75) is 39.4 Å². The number of sulfonamides is 1. The molecule has 2 N–H and O–H groups in total. The van der Waals surface area contributed by atoms with Crippen LogP contribution in [-0.4, -0.2) is 34.3 Å². The predicted octanol–water partition coefficient (Wildman–Crippen LogP) is 4.80. The van der Waals surface area contributed by atoms with E-state index in [9.17, 15) is 8.42 Å². The minimum atomic E-state index is -3.39. The molecular formula is C28H30N6O2S2. The van der Waals surface area contributed by atoms with E-state index < -0.39 is 10.0 Å². The van der Waals surface area contributed by atoms with Crippen molar-refractivity contribution in [1.82, 2.24) is 19.9 Å². The Kier molecular flexibility index (Phi) is 6.93. The molecule has 0 spiro atoms. The Morgan fingerprint density at radius 2 is 1.87 bits per heavy atom. The molecule has 0 aliphatic carbocycles. The fourth-order valence-electron chi connectivity index (χ4n) is 5.11. The van der Waals surface area contributed by atoms with E-state index in [4.69, 9.17) is 12.2 Å². The molecule has 4 aromatic rings. The molecule has 0 amide bonds. The molecule has 0 bridgehead atoms. The summed E-state index contributed by atoms with van der Waals surface area (Å²) in [6.45, 7) is 6.85. The largest absolute Gasteiger partial charge is 0.351 e. The second kappa shape index (κ2) is 10.2. The van der Waals surface area contributed by atoms with Crippen molar-refractivity contribution < 1.29 is 8.42 Å². The highest BCUT2D eigenvalue weighted by Crippen LogP contribution is 2.44. The Bertz CT molecular complexity index is 1590. The Hall–Kier alpha value is -3.76. The van der Waals surface area contributed by atoms with Gasteiger partial charge in [-0.15, -0.1) is 0 Å². The lowest BCUT2D eigenvalue weighted by molar-refractivity contribution is 0.563. The molecule has 196 valence electrons. The Balaban J connectivity index is 1.60. The molecule has 0 saturated carbocycles. The SMILES string of the molecule is Cc1cc(N2C(=S)N[C@H](c3ccccn3)[C@H]2c2cc(C)n(Cc3cccnc3)c2C)ccc1NS(C)(=O)=O. The summed E-state index contributed by atoms with van der Waals surface area (Å²) in [5.41, 5.74) is 7.67. The number of nitrogens with zero attached hydrogens (tertiary/aromatic N) is 4. The van der Waals surface area contributed by atoms with Gasteiger partial charge in [0.2, 0.25) is 10.0 Å². The van der Waals surface area contributed by atoms with Crippen molar-refractivity contribution in [3.8, 4) is 0 Å². The van der Waals surface area contributed by atoms with Gasteiger partial charge in [0, 0.05) is 42.2 Å². The maximum absolute atomic E-state index is 11.8. The number of aryl methyl sites for hydroxylation is 2. The first-order valence-electron chi connectivity index (χ1n) is 12.3. The summed E-state index contributed by atoms with van der Waals surface area (Å²) < 4.78 is 28.5. The molecule has 3 aromatic heterocycles. The fraction of sp³-hybridized carbons (Fsp3) is 0.250. The standard InChI is InChI=1S/C28H30N6O2S2/c1-18-14-22(10-11-24(18)32-38(4,35)36)34-27(26(31-28(34)37)25-9-5-6-13-30-25)23-15-19(2)33(20(23)3)17-21-8-7-12-29-16-21/h5-16,26-27,32H,17H2,1-4H3,(H,31,37)/t26-,27-/m1/s1. The van der Waals surface area contributed by atoms with Crippen molar-refractivity contribution >= 4 is 38.7 Å². The van der Waals surface area contributed by atoms with Crippen LogP contribution in [0.4, 0.5) is 11.4 Å². The number of benzene rings is 1. The maximum atomic E-state index is 11.8. The third kappa shape index (κ3) is 5.14. The number of hydrogen-bond acceptors (Lipinski definition) is 5. The number of pyridine rings is 2. The van der Waals surface area contributed by atoms with Crippen LogP contribution in [0.3, 0.4) is 0 Å². The van der Waals surface area contributed by atoms with Crippen molar-refractivity contribution in [3.63, 3.8) is 0 Å². The predicted molar refractivity (Wildman–Crippen MR) is 155 cm³/mol. The average molecular weight is 547 g/mol. The minimum Gasteiger partial charge on any atom is -0.351 e. The Labute approximate surface area is 228 Å². The van der Waals surface area contributed by atoms with Crippen LogP contribution in [0.15, 0.2) is 73.2 Å². The summed E-state index contributed by atoms with van der Waals surface area (Å²) in [6, 6.07) is 17.4. The highest BCUT2D eigenvalue weighted by molar-refractivity contribution is 7.92. The summed E-state index contributed by atoms with van der Waals surface area (Å²) in [7, 11) is -3.39. The molecular weight excluding hydrogens is 516 g/mol. The molecule has 4 heterocycles. The number of nitrogens with one attached hydrogen (secondary N) is 2. The van der Waals surface area contributed by atoms with Gasteiger partial charge in [-0.25, -0.2) is 8.42 Å². The van der Waals surface area contributed by atoms with Gasteiger partial charge in [-0.3, -0.25) is 14.7 Å². The number of aromatic nitrogens is 3. The van der Waals surface area contributed by atoms with Gasteiger partial charge in [-0.05, 0) is 92.1 Å². The van der Waals surface area contributed by atoms with Gasteiger partial charge in [0.1, 0.15) is 0 Å². The first-order chi connectivity index (χ1) is 18.1. The highest BCUT2D eigenvalue weighted by atomic mass is 32.2. The number of thiocarbonyl (C=S) groups is 1. The van der Waals surface area contributed by atoms with Crippen molar-refractivity contribution in [2.75, 3.05) is 15.9 Å². The second-order valence-corrected chi connectivity index (χ2v) is 11.8. The van der Waals surface area contributed by atoms with Crippen LogP contribution in [0.2, 0.25) is 0 Å². The first-order valence-corrected chi connectivity index (χ1v) is 14.6. The summed E-state index contributed by atoms with van der Waals surface area (Å²) in [5.74, 6) is 0. The quantitative estimate of drug-likeness (QED) is 0.322. The minimum absolute atomic E-state index is 0.167. The van der Waals surface area contributed by atoms with E-state index in [-0.39, 0.29) is 12.1 Å². The van der Waals surface area contributed by atoms with E-state index in [2.05, 4.69) is 55.5 Å². The molecule has 1 fully saturated rings. The average Bonchev–Trinajstić information content (AvgIpc) is 3.36. The van der Waals surface area contributed by atoms with Crippen LogP contribution < -0.4 is 14.9 Å². The van der Waals surface area contributed by atoms with Gasteiger partial charge in [0.15, 0.2) is 5.11 Å². The van der Waals surface area contributed by atoms with Crippen molar-refractivity contribution in [3.05, 3.63) is 107 Å². The summed E-state index contributed by atoms with van der Waals surface area (Å²) in [4.78, 5) is 11.0. The Morgan fingerprint density at radius 3 is 2.53 bits per heavy atom. The third-order valence-electron chi connectivity index (χ3n) is 6.88. The summed E-state index contributed by atoms with van der Waals surface area (Å²) >= 11 is 5.89. The summed E-state index contributed by atoms with van der Waals surface area (Å²) in [5, 5.41) is 4.10. The maximum Gasteiger partial charge on any atom is 0.229 e. The monoisotopic (exact) mass is 546 g/mol. The normalized spacial score (nSPS) is 17.5. The van der Waals surface area contributed by atoms with Crippen LogP contribution in [0, 0.1) is 20.8 Å². The van der Waals surface area contributed by atoms with Gasteiger partial charge < -0.3 is 14.8 Å². The number of anilines is 2. The van der Waals surface area contributed by atoms with E-state index in [1.807, 2.05) is 49.5 Å². The zero-order valence-electron chi connectivity index (χ0n) is 21.7. The lowest BCUT2D eigenvalue weighted by atomic mass is 9.96. The zero-order chi connectivity index (χ0) is 27.0. The lowest BCUT2D eigenvalue weighted by Crippen LogP contribution is -2.29. The van der Waals surface area contributed by atoms with Crippen LogP contribution in [0.25, 0.3) is 0 Å². The molecule has 1 aromatic carbocycles. The Morgan fingerprint density at radius 1 is 1.05 bits per heavy atom. The van der Waals surface area contributed by atoms with Crippen LogP contribution >= 0.6 is 12.2 Å². The second-order valence-electron chi connectivity index (χ2n) is 9.64. The number of hydrogen-bond donors (Lipinski definition) is 2. The molecule has 5 rings (SSSR count).